The average Bonchev–Trinajstić information content (AvgIpc) is 2.94. The SMILES string of the molecule is Cc1ccc(C(=O)NCC(=O)Nc2ccc3[nH]c(=O)[nH]c3c2)cc1C. The number of hydrogen-bond donors (Lipinski definition) is 4. The first kappa shape index (κ1) is 16.5. The highest BCUT2D eigenvalue weighted by atomic mass is 16.2. The molecule has 2 amide bonds. The molecular weight excluding hydrogens is 320 g/mol. The van der Waals surface area contributed by atoms with Gasteiger partial charge >= 0.3 is 5.69 Å². The molecule has 0 saturated carbocycles. The van der Waals surface area contributed by atoms with Crippen molar-refractivity contribution < 1.29 is 9.59 Å². The maximum Gasteiger partial charge on any atom is 0.323 e. The van der Waals surface area contributed by atoms with Crippen molar-refractivity contribution >= 4 is 28.5 Å². The van der Waals surface area contributed by atoms with E-state index in [2.05, 4.69) is 20.6 Å². The van der Waals surface area contributed by atoms with Crippen LogP contribution in [0.5, 0.6) is 0 Å². The molecule has 25 heavy (non-hydrogen) atoms. The summed E-state index contributed by atoms with van der Waals surface area (Å²) >= 11 is 0. The number of carbonyl (C=O) groups is 2. The molecule has 0 atom stereocenters. The van der Waals surface area contributed by atoms with E-state index in [9.17, 15) is 14.4 Å². The lowest BCUT2D eigenvalue weighted by Crippen LogP contribution is -2.32. The fourth-order valence-electron chi connectivity index (χ4n) is 2.46. The van der Waals surface area contributed by atoms with Crippen LogP contribution in [0.3, 0.4) is 0 Å². The van der Waals surface area contributed by atoms with Crippen LogP contribution in [0, 0.1) is 13.8 Å². The van der Waals surface area contributed by atoms with E-state index in [1.165, 1.54) is 0 Å². The Labute approximate surface area is 143 Å². The Bertz CT molecular complexity index is 1020. The van der Waals surface area contributed by atoms with E-state index < -0.39 is 0 Å². The van der Waals surface area contributed by atoms with Crippen molar-refractivity contribution in [1.82, 2.24) is 15.3 Å². The van der Waals surface area contributed by atoms with E-state index in [4.69, 9.17) is 0 Å². The fraction of sp³-hybridized carbons (Fsp3) is 0.167. The average molecular weight is 338 g/mol. The minimum Gasteiger partial charge on any atom is -0.343 e. The number of carbonyl (C=O) groups excluding carboxylic acids is 2. The third kappa shape index (κ3) is 3.77. The highest BCUT2D eigenvalue weighted by molar-refractivity contribution is 6.00. The maximum atomic E-state index is 12.1. The summed E-state index contributed by atoms with van der Waals surface area (Å²) in [6.07, 6.45) is 0. The van der Waals surface area contributed by atoms with Crippen molar-refractivity contribution in [2.24, 2.45) is 0 Å². The van der Waals surface area contributed by atoms with E-state index in [0.717, 1.165) is 11.1 Å². The molecule has 0 aliphatic heterocycles. The van der Waals surface area contributed by atoms with Crippen molar-refractivity contribution in [1.29, 1.82) is 0 Å². The van der Waals surface area contributed by atoms with E-state index in [0.29, 0.717) is 22.3 Å². The molecule has 4 N–H and O–H groups in total. The van der Waals surface area contributed by atoms with Gasteiger partial charge in [-0.15, -0.1) is 0 Å². The number of benzene rings is 2. The van der Waals surface area contributed by atoms with Crippen LogP contribution in [0.4, 0.5) is 5.69 Å². The smallest absolute Gasteiger partial charge is 0.323 e. The number of rotatable bonds is 4. The molecule has 0 radical (unpaired) electrons. The second-order valence-electron chi connectivity index (χ2n) is 5.87. The van der Waals surface area contributed by atoms with Gasteiger partial charge in [-0.05, 0) is 55.3 Å². The molecule has 0 saturated heterocycles. The summed E-state index contributed by atoms with van der Waals surface area (Å²) < 4.78 is 0. The fourth-order valence-corrected chi connectivity index (χ4v) is 2.46. The number of amides is 2. The number of aromatic amines is 2. The van der Waals surface area contributed by atoms with Crippen LogP contribution in [-0.2, 0) is 4.79 Å². The highest BCUT2D eigenvalue weighted by Gasteiger charge is 2.09. The van der Waals surface area contributed by atoms with Gasteiger partial charge in [0.05, 0.1) is 17.6 Å². The number of fused-ring (bicyclic) bond motifs is 1. The lowest BCUT2D eigenvalue weighted by atomic mass is 10.1. The topological polar surface area (TPSA) is 107 Å². The normalized spacial score (nSPS) is 10.6. The van der Waals surface area contributed by atoms with Gasteiger partial charge in [0, 0.05) is 11.3 Å². The summed E-state index contributed by atoms with van der Waals surface area (Å²) in [6.45, 7) is 3.76. The van der Waals surface area contributed by atoms with Gasteiger partial charge < -0.3 is 20.6 Å². The molecule has 1 aromatic heterocycles. The van der Waals surface area contributed by atoms with Crippen molar-refractivity contribution in [3.8, 4) is 0 Å². The summed E-state index contributed by atoms with van der Waals surface area (Å²) in [7, 11) is 0. The molecule has 1 heterocycles. The van der Waals surface area contributed by atoms with Gasteiger partial charge in [-0.25, -0.2) is 4.79 Å². The van der Waals surface area contributed by atoms with Crippen molar-refractivity contribution in [3.63, 3.8) is 0 Å². The Hall–Kier alpha value is -3.35. The van der Waals surface area contributed by atoms with Crippen LogP contribution >= 0.6 is 0 Å². The zero-order chi connectivity index (χ0) is 18.0. The van der Waals surface area contributed by atoms with Gasteiger partial charge in [-0.1, -0.05) is 6.07 Å². The Morgan fingerprint density at radius 2 is 1.72 bits per heavy atom. The highest BCUT2D eigenvalue weighted by Crippen LogP contribution is 2.14. The molecule has 3 aromatic rings. The quantitative estimate of drug-likeness (QED) is 0.583. The summed E-state index contributed by atoms with van der Waals surface area (Å²) in [5, 5.41) is 5.27. The van der Waals surface area contributed by atoms with Crippen LogP contribution < -0.4 is 16.3 Å². The van der Waals surface area contributed by atoms with Crippen LogP contribution in [0.15, 0.2) is 41.2 Å². The monoisotopic (exact) mass is 338 g/mol. The lowest BCUT2D eigenvalue weighted by Gasteiger charge is -2.08. The number of H-pyrrole nitrogens is 2. The van der Waals surface area contributed by atoms with Gasteiger partial charge in [0.2, 0.25) is 5.91 Å². The molecule has 7 heteroatoms. The summed E-state index contributed by atoms with van der Waals surface area (Å²) in [5.74, 6) is -0.655. The van der Waals surface area contributed by atoms with Gasteiger partial charge in [-0.3, -0.25) is 9.59 Å². The lowest BCUT2D eigenvalue weighted by molar-refractivity contribution is -0.115. The standard InChI is InChI=1S/C18H18N4O3/c1-10-3-4-12(7-11(10)2)17(24)19-9-16(23)20-13-5-6-14-15(8-13)22-18(25)21-14/h3-8H,9H2,1-2H3,(H,19,24)(H,20,23)(H2,21,22,25). The Kier molecular flexibility index (Phi) is 4.38. The molecule has 2 aromatic carbocycles. The Balaban J connectivity index is 1.60. The molecule has 3 rings (SSSR count). The predicted molar refractivity (Wildman–Crippen MR) is 95.8 cm³/mol. The third-order valence-electron chi connectivity index (χ3n) is 3.98. The largest absolute Gasteiger partial charge is 0.343 e. The van der Waals surface area contributed by atoms with Crippen molar-refractivity contribution in [2.45, 2.75) is 13.8 Å². The third-order valence-corrected chi connectivity index (χ3v) is 3.98. The first-order valence-electron chi connectivity index (χ1n) is 7.80. The van der Waals surface area contributed by atoms with Crippen LogP contribution in [0.25, 0.3) is 11.0 Å². The number of hydrogen-bond acceptors (Lipinski definition) is 3. The van der Waals surface area contributed by atoms with Gasteiger partial charge in [0.1, 0.15) is 0 Å². The summed E-state index contributed by atoms with van der Waals surface area (Å²) in [6, 6.07) is 10.4. The second-order valence-corrected chi connectivity index (χ2v) is 5.87. The molecule has 0 spiro atoms. The Morgan fingerprint density at radius 1 is 0.960 bits per heavy atom. The maximum absolute atomic E-state index is 12.1. The molecule has 0 unspecified atom stereocenters. The molecule has 0 aliphatic rings. The van der Waals surface area contributed by atoms with Gasteiger partial charge in [0.15, 0.2) is 0 Å². The van der Waals surface area contributed by atoms with Crippen LogP contribution in [-0.4, -0.2) is 28.3 Å². The number of aromatic nitrogens is 2. The molecule has 0 aliphatic carbocycles. The first-order valence-corrected chi connectivity index (χ1v) is 7.80. The van der Waals surface area contributed by atoms with E-state index in [1.807, 2.05) is 19.9 Å². The number of imidazole rings is 1. The minimum atomic E-state index is -0.352. The van der Waals surface area contributed by atoms with E-state index in [-0.39, 0.29) is 24.0 Å². The first-order chi connectivity index (χ1) is 11.9. The minimum absolute atomic E-state index is 0.145. The molecule has 0 bridgehead atoms. The van der Waals surface area contributed by atoms with E-state index >= 15 is 0 Å². The van der Waals surface area contributed by atoms with Gasteiger partial charge in [-0.2, -0.15) is 0 Å². The van der Waals surface area contributed by atoms with Crippen LogP contribution in [0.1, 0.15) is 21.5 Å². The van der Waals surface area contributed by atoms with Gasteiger partial charge in [0.25, 0.3) is 5.91 Å². The number of anilines is 1. The molecule has 7 nitrogen and oxygen atoms in total. The number of aryl methyl sites for hydroxylation is 2. The van der Waals surface area contributed by atoms with Crippen LogP contribution in [0.2, 0.25) is 0 Å². The van der Waals surface area contributed by atoms with E-state index in [1.54, 1.807) is 30.3 Å². The Morgan fingerprint density at radius 3 is 2.48 bits per heavy atom. The molecule has 0 fully saturated rings. The van der Waals surface area contributed by atoms with Crippen molar-refractivity contribution in [3.05, 3.63) is 63.6 Å². The molecular formula is C18H18N4O3. The predicted octanol–water partition coefficient (Wildman–Crippen LogP) is 1.84. The second kappa shape index (κ2) is 6.64. The summed E-state index contributed by atoms with van der Waals surface area (Å²) in [4.78, 5) is 40.6. The molecule has 128 valence electrons. The number of nitrogens with one attached hydrogen (secondary N) is 4. The van der Waals surface area contributed by atoms with Crippen molar-refractivity contribution in [2.75, 3.05) is 11.9 Å². The zero-order valence-corrected chi connectivity index (χ0v) is 13.9. The summed E-state index contributed by atoms with van der Waals surface area (Å²) in [5.41, 5.74) is 4.13. The zero-order valence-electron chi connectivity index (χ0n) is 13.9.